The van der Waals surface area contributed by atoms with Gasteiger partial charge in [-0.05, 0) is 18.1 Å². The van der Waals surface area contributed by atoms with Gasteiger partial charge >= 0.3 is 6.09 Å². The number of nitrogens with two attached hydrogens (primary N) is 1. The molecule has 3 heterocycles. The number of hydrogen-bond donors (Lipinski definition) is 1. The fourth-order valence-electron chi connectivity index (χ4n) is 3.53. The fraction of sp³-hybridized carbons (Fsp3) is 0.500. The van der Waals surface area contributed by atoms with E-state index >= 15 is 0 Å². The highest BCUT2D eigenvalue weighted by molar-refractivity contribution is 5.90. The van der Waals surface area contributed by atoms with E-state index in [4.69, 9.17) is 10.5 Å². The van der Waals surface area contributed by atoms with Gasteiger partial charge in [-0.25, -0.2) is 13.6 Å². The van der Waals surface area contributed by atoms with Gasteiger partial charge in [0.1, 0.15) is 11.8 Å². The van der Waals surface area contributed by atoms with Crippen molar-refractivity contribution in [2.24, 2.45) is 5.73 Å². The van der Waals surface area contributed by atoms with Crippen LogP contribution in [-0.4, -0.2) is 58.6 Å². The van der Waals surface area contributed by atoms with Crippen molar-refractivity contribution in [2.75, 3.05) is 36.0 Å². The van der Waals surface area contributed by atoms with Crippen LogP contribution in [0.5, 0.6) is 0 Å². The molecule has 1 aromatic carbocycles. The third-order valence-electron chi connectivity index (χ3n) is 4.92. The smallest absolute Gasteiger partial charge is 0.414 e. The number of rotatable bonds is 4. The number of ether oxygens (including phenoxy) is 1. The summed E-state index contributed by atoms with van der Waals surface area (Å²) in [7, 11) is 0. The Balaban J connectivity index is 1.50. The van der Waals surface area contributed by atoms with Crippen molar-refractivity contribution < 1.29 is 18.3 Å². The molecule has 0 saturated carbocycles. The van der Waals surface area contributed by atoms with Gasteiger partial charge in [-0.2, -0.15) is 4.80 Å². The molecule has 2 saturated heterocycles. The van der Waals surface area contributed by atoms with Gasteiger partial charge in [-0.1, -0.05) is 0 Å². The van der Waals surface area contributed by atoms with Gasteiger partial charge in [0.2, 0.25) is 0 Å². The van der Waals surface area contributed by atoms with Crippen LogP contribution in [0.2, 0.25) is 0 Å². The van der Waals surface area contributed by atoms with Crippen LogP contribution >= 0.6 is 0 Å². The Morgan fingerprint density at radius 1 is 1.22 bits per heavy atom. The van der Waals surface area contributed by atoms with E-state index in [9.17, 15) is 13.6 Å². The minimum Gasteiger partial charge on any atom is -0.443 e. The summed E-state index contributed by atoms with van der Waals surface area (Å²) >= 11 is 0. The molecule has 2 aliphatic heterocycles. The van der Waals surface area contributed by atoms with E-state index in [0.29, 0.717) is 25.9 Å². The molecule has 9 nitrogen and oxygen atoms in total. The zero-order valence-electron chi connectivity index (χ0n) is 14.5. The second kappa shape index (κ2) is 7.06. The molecule has 0 spiro atoms. The maximum absolute atomic E-state index is 14.7. The number of cyclic esters (lactones) is 1. The first kappa shape index (κ1) is 17.6. The van der Waals surface area contributed by atoms with Gasteiger partial charge in [0.15, 0.2) is 18.0 Å². The summed E-state index contributed by atoms with van der Waals surface area (Å²) in [5, 5.41) is 11.6. The molecular weight excluding hydrogens is 360 g/mol. The van der Waals surface area contributed by atoms with Gasteiger partial charge < -0.3 is 15.4 Å². The maximum Gasteiger partial charge on any atom is 0.414 e. The number of anilines is 2. The molecule has 2 aliphatic rings. The van der Waals surface area contributed by atoms with Crippen LogP contribution in [0.4, 0.5) is 25.0 Å². The molecule has 2 aromatic rings. The normalized spacial score (nSPS) is 21.0. The summed E-state index contributed by atoms with van der Waals surface area (Å²) in [5.74, 6) is -1.43. The van der Waals surface area contributed by atoms with Crippen molar-refractivity contribution in [1.82, 2.24) is 20.2 Å². The molecule has 27 heavy (non-hydrogen) atoms. The van der Waals surface area contributed by atoms with E-state index in [2.05, 4.69) is 15.4 Å². The van der Waals surface area contributed by atoms with Gasteiger partial charge in [-0.3, -0.25) is 4.90 Å². The summed E-state index contributed by atoms with van der Waals surface area (Å²) in [4.78, 5) is 16.3. The predicted molar refractivity (Wildman–Crippen MR) is 91.3 cm³/mol. The first-order valence-corrected chi connectivity index (χ1v) is 8.71. The average molecular weight is 379 g/mol. The lowest BCUT2D eigenvalue weighted by Gasteiger charge is -2.33. The lowest BCUT2D eigenvalue weighted by molar-refractivity contribution is 0.145. The fourth-order valence-corrected chi connectivity index (χ4v) is 3.53. The number of piperidine rings is 1. The zero-order chi connectivity index (χ0) is 19.0. The largest absolute Gasteiger partial charge is 0.443 e. The number of carbonyl (C=O) groups is 1. The predicted octanol–water partition coefficient (Wildman–Crippen LogP) is 1.08. The van der Waals surface area contributed by atoms with Crippen molar-refractivity contribution >= 4 is 17.5 Å². The minimum atomic E-state index is -0.716. The number of amides is 1. The number of carbonyl (C=O) groups excluding carboxylic acids is 1. The van der Waals surface area contributed by atoms with Crippen molar-refractivity contribution in [1.29, 1.82) is 0 Å². The van der Waals surface area contributed by atoms with Gasteiger partial charge in [-0.15, -0.1) is 10.2 Å². The van der Waals surface area contributed by atoms with Crippen molar-refractivity contribution in [2.45, 2.75) is 25.0 Å². The van der Waals surface area contributed by atoms with Crippen molar-refractivity contribution in [3.63, 3.8) is 0 Å². The van der Waals surface area contributed by atoms with E-state index in [-0.39, 0.29) is 30.5 Å². The number of nitrogens with zero attached hydrogens (tertiary/aromatic N) is 6. The van der Waals surface area contributed by atoms with E-state index in [1.807, 2.05) is 0 Å². The summed E-state index contributed by atoms with van der Waals surface area (Å²) in [6.45, 7) is 1.24. The van der Waals surface area contributed by atoms with Crippen molar-refractivity contribution in [3.8, 4) is 0 Å². The lowest BCUT2D eigenvalue weighted by Crippen LogP contribution is -2.36. The summed E-state index contributed by atoms with van der Waals surface area (Å²) in [5.41, 5.74) is 5.52. The molecular formula is C16H19F2N7O2. The summed E-state index contributed by atoms with van der Waals surface area (Å²) < 4.78 is 34.4. The third-order valence-corrected chi connectivity index (χ3v) is 4.92. The molecule has 11 heteroatoms. The Bertz CT molecular complexity index is 801. The number of aromatic nitrogens is 4. The zero-order valence-corrected chi connectivity index (χ0v) is 14.5. The van der Waals surface area contributed by atoms with E-state index < -0.39 is 23.8 Å². The monoisotopic (exact) mass is 379 g/mol. The van der Waals surface area contributed by atoms with Crippen LogP contribution in [0.15, 0.2) is 18.5 Å². The highest BCUT2D eigenvalue weighted by Crippen LogP contribution is 2.33. The van der Waals surface area contributed by atoms with E-state index in [1.54, 1.807) is 4.90 Å². The SMILES string of the molecule is NCC1CN(c2cc(F)c(N3CCC(n4ncnn4)CC3)c(F)c2)C(=O)O1. The Kier molecular flexibility index (Phi) is 4.60. The van der Waals surface area contributed by atoms with Crippen LogP contribution in [0, 0.1) is 11.6 Å². The summed E-state index contributed by atoms with van der Waals surface area (Å²) in [6.07, 6.45) is 1.52. The Morgan fingerprint density at radius 2 is 1.93 bits per heavy atom. The number of hydrogen-bond acceptors (Lipinski definition) is 7. The van der Waals surface area contributed by atoms with Gasteiger partial charge in [0, 0.05) is 31.8 Å². The molecule has 1 aromatic heterocycles. The third kappa shape index (κ3) is 3.29. The van der Waals surface area contributed by atoms with Gasteiger partial charge in [0.05, 0.1) is 18.3 Å². The second-order valence-corrected chi connectivity index (χ2v) is 6.58. The number of halogens is 2. The highest BCUT2D eigenvalue weighted by Gasteiger charge is 2.33. The first-order chi connectivity index (χ1) is 13.1. The van der Waals surface area contributed by atoms with E-state index in [0.717, 1.165) is 12.1 Å². The molecule has 4 rings (SSSR count). The Labute approximate surface area is 153 Å². The average Bonchev–Trinajstić information content (AvgIpc) is 3.31. The van der Waals surface area contributed by atoms with Crippen molar-refractivity contribution in [3.05, 3.63) is 30.1 Å². The first-order valence-electron chi connectivity index (χ1n) is 8.71. The van der Waals surface area contributed by atoms with Crippen LogP contribution in [0.1, 0.15) is 18.9 Å². The summed E-state index contributed by atoms with van der Waals surface area (Å²) in [6, 6.07) is 2.37. The van der Waals surface area contributed by atoms with Crippen LogP contribution < -0.4 is 15.5 Å². The molecule has 1 atom stereocenters. The van der Waals surface area contributed by atoms with Crippen LogP contribution in [0.25, 0.3) is 0 Å². The Morgan fingerprint density at radius 3 is 2.48 bits per heavy atom. The molecule has 0 aliphatic carbocycles. The molecule has 144 valence electrons. The Hall–Kier alpha value is -2.82. The number of tetrazole rings is 1. The van der Waals surface area contributed by atoms with E-state index in [1.165, 1.54) is 16.0 Å². The molecule has 0 bridgehead atoms. The molecule has 2 fully saturated rings. The standard InChI is InChI=1S/C16H19F2N7O2/c17-13-5-11(24-8-12(7-19)27-16(24)26)6-14(18)15(13)23-3-1-10(2-4-23)25-21-9-20-22-25/h5-6,9-10,12H,1-4,7-8,19H2. The highest BCUT2D eigenvalue weighted by atomic mass is 19.1. The minimum absolute atomic E-state index is 0.0571. The van der Waals surface area contributed by atoms with Gasteiger partial charge in [0.25, 0.3) is 0 Å². The number of benzene rings is 1. The second-order valence-electron chi connectivity index (χ2n) is 6.58. The van der Waals surface area contributed by atoms with Crippen LogP contribution in [0.3, 0.4) is 0 Å². The topological polar surface area (TPSA) is 102 Å². The lowest BCUT2D eigenvalue weighted by atomic mass is 10.0. The molecule has 2 N–H and O–H groups in total. The van der Waals surface area contributed by atoms with Crippen LogP contribution in [-0.2, 0) is 4.74 Å². The maximum atomic E-state index is 14.7. The molecule has 0 radical (unpaired) electrons. The molecule has 1 unspecified atom stereocenters. The molecule has 1 amide bonds. The quantitative estimate of drug-likeness (QED) is 0.848.